The first-order valence-corrected chi connectivity index (χ1v) is 7.25. The number of carboxylic acids is 1. The van der Waals surface area contributed by atoms with Crippen molar-refractivity contribution in [3.8, 4) is 0 Å². The van der Waals surface area contributed by atoms with Gasteiger partial charge in [0.15, 0.2) is 0 Å². The molecule has 0 aromatic heterocycles. The van der Waals surface area contributed by atoms with Crippen LogP contribution in [0.5, 0.6) is 0 Å². The van der Waals surface area contributed by atoms with Gasteiger partial charge in [-0.1, -0.05) is 24.3 Å². The number of aliphatic carboxylic acids is 1. The number of nitrogens with one attached hydrogen (secondary N) is 2. The molecule has 7 heteroatoms. The summed E-state index contributed by atoms with van der Waals surface area (Å²) in [4.78, 5) is 35.5. The Morgan fingerprint density at radius 2 is 1.70 bits per heavy atom. The van der Waals surface area contributed by atoms with E-state index < -0.39 is 35.4 Å². The monoisotopic (exact) mass is 318 g/mol. The highest BCUT2D eigenvalue weighted by atomic mass is 19.1. The lowest BCUT2D eigenvalue weighted by Crippen LogP contribution is -2.48. The van der Waals surface area contributed by atoms with Gasteiger partial charge in [-0.15, -0.1) is 0 Å². The molecule has 0 saturated heterocycles. The SMILES string of the molecule is O=C(NNC(=O)C1C2C=CC(C2)C1C(=O)O)c1ccccc1F. The number of rotatable bonds is 3. The molecular weight excluding hydrogens is 303 g/mol. The highest BCUT2D eigenvalue weighted by Gasteiger charge is 2.51. The number of hydrogen-bond donors (Lipinski definition) is 3. The van der Waals surface area contributed by atoms with E-state index in [2.05, 4.69) is 10.9 Å². The second-order valence-electron chi connectivity index (χ2n) is 5.76. The number of halogens is 1. The second kappa shape index (κ2) is 5.83. The number of allylic oxidation sites excluding steroid dienone is 2. The molecule has 3 rings (SSSR count). The molecule has 2 aliphatic rings. The highest BCUT2D eigenvalue weighted by Crippen LogP contribution is 2.48. The first-order valence-electron chi connectivity index (χ1n) is 7.25. The van der Waals surface area contributed by atoms with Gasteiger partial charge in [0.25, 0.3) is 5.91 Å². The van der Waals surface area contributed by atoms with Crippen molar-refractivity contribution in [3.63, 3.8) is 0 Å². The van der Waals surface area contributed by atoms with Crippen LogP contribution in [0.15, 0.2) is 36.4 Å². The second-order valence-corrected chi connectivity index (χ2v) is 5.76. The molecule has 2 bridgehead atoms. The summed E-state index contributed by atoms with van der Waals surface area (Å²) in [5.74, 6) is -4.92. The van der Waals surface area contributed by atoms with Crippen LogP contribution in [0.3, 0.4) is 0 Å². The van der Waals surface area contributed by atoms with Crippen LogP contribution < -0.4 is 10.9 Å². The van der Waals surface area contributed by atoms with Crippen molar-refractivity contribution in [2.24, 2.45) is 23.7 Å². The van der Waals surface area contributed by atoms with Gasteiger partial charge in [0.05, 0.1) is 17.4 Å². The number of hydrazine groups is 1. The summed E-state index contributed by atoms with van der Waals surface area (Å²) in [6, 6.07) is 5.37. The van der Waals surface area contributed by atoms with Gasteiger partial charge in [-0.3, -0.25) is 25.2 Å². The van der Waals surface area contributed by atoms with Crippen LogP contribution in [0.1, 0.15) is 16.8 Å². The van der Waals surface area contributed by atoms with Gasteiger partial charge in [0, 0.05) is 0 Å². The molecule has 0 radical (unpaired) electrons. The van der Waals surface area contributed by atoms with Crippen molar-refractivity contribution in [2.45, 2.75) is 6.42 Å². The predicted octanol–water partition coefficient (Wildman–Crippen LogP) is 1.11. The Hall–Kier alpha value is -2.70. The summed E-state index contributed by atoms with van der Waals surface area (Å²) in [7, 11) is 0. The third-order valence-electron chi connectivity index (χ3n) is 4.46. The molecule has 4 atom stereocenters. The first-order chi connectivity index (χ1) is 11.0. The summed E-state index contributed by atoms with van der Waals surface area (Å²) < 4.78 is 13.5. The number of amides is 2. The van der Waals surface area contributed by atoms with E-state index >= 15 is 0 Å². The molecule has 0 aliphatic heterocycles. The molecule has 23 heavy (non-hydrogen) atoms. The van der Waals surface area contributed by atoms with Crippen molar-refractivity contribution < 1.29 is 23.9 Å². The van der Waals surface area contributed by atoms with Gasteiger partial charge in [-0.25, -0.2) is 4.39 Å². The van der Waals surface area contributed by atoms with Crippen LogP contribution in [0.25, 0.3) is 0 Å². The third kappa shape index (κ3) is 2.69. The van der Waals surface area contributed by atoms with Crippen LogP contribution in [-0.2, 0) is 9.59 Å². The lowest BCUT2D eigenvalue weighted by molar-refractivity contribution is -0.148. The van der Waals surface area contributed by atoms with Crippen molar-refractivity contribution in [1.82, 2.24) is 10.9 Å². The molecule has 1 aromatic rings. The third-order valence-corrected chi connectivity index (χ3v) is 4.46. The Labute approximate surface area is 131 Å². The maximum Gasteiger partial charge on any atom is 0.307 e. The molecule has 1 aromatic carbocycles. The van der Waals surface area contributed by atoms with Crippen molar-refractivity contribution in [1.29, 1.82) is 0 Å². The number of carboxylic acid groups (broad SMARTS) is 1. The molecule has 0 spiro atoms. The molecule has 4 unspecified atom stereocenters. The highest BCUT2D eigenvalue weighted by molar-refractivity contribution is 5.96. The van der Waals surface area contributed by atoms with E-state index in [0.717, 1.165) is 6.07 Å². The van der Waals surface area contributed by atoms with Gasteiger partial charge in [-0.2, -0.15) is 0 Å². The van der Waals surface area contributed by atoms with E-state index in [0.29, 0.717) is 6.42 Å². The topological polar surface area (TPSA) is 95.5 Å². The Kier molecular flexibility index (Phi) is 3.85. The average Bonchev–Trinajstić information content (AvgIpc) is 3.13. The van der Waals surface area contributed by atoms with Crippen LogP contribution in [0.2, 0.25) is 0 Å². The number of carbonyl (C=O) groups excluding carboxylic acids is 2. The molecule has 3 N–H and O–H groups in total. The Morgan fingerprint density at radius 1 is 1.04 bits per heavy atom. The zero-order chi connectivity index (χ0) is 16.6. The summed E-state index contributed by atoms with van der Waals surface area (Å²) in [5.41, 5.74) is 4.16. The summed E-state index contributed by atoms with van der Waals surface area (Å²) >= 11 is 0. The van der Waals surface area contributed by atoms with Gasteiger partial charge < -0.3 is 5.11 Å². The normalized spacial score (nSPS) is 27.7. The molecular formula is C16H15FN2O4. The average molecular weight is 318 g/mol. The lowest BCUT2D eigenvalue weighted by atomic mass is 9.82. The Bertz CT molecular complexity index is 703. The van der Waals surface area contributed by atoms with E-state index in [9.17, 15) is 23.9 Å². The maximum absolute atomic E-state index is 13.5. The van der Waals surface area contributed by atoms with E-state index in [-0.39, 0.29) is 17.4 Å². The fraction of sp³-hybridized carbons (Fsp3) is 0.312. The summed E-state index contributed by atoms with van der Waals surface area (Å²) in [5, 5.41) is 9.30. The van der Waals surface area contributed by atoms with E-state index in [1.54, 1.807) is 0 Å². The Balaban J connectivity index is 1.66. The van der Waals surface area contributed by atoms with Crippen LogP contribution >= 0.6 is 0 Å². The smallest absolute Gasteiger partial charge is 0.307 e. The Morgan fingerprint density at radius 3 is 2.35 bits per heavy atom. The number of carbonyl (C=O) groups is 3. The molecule has 0 heterocycles. The minimum absolute atomic E-state index is 0.147. The van der Waals surface area contributed by atoms with Gasteiger partial charge in [0.1, 0.15) is 5.82 Å². The number of fused-ring (bicyclic) bond motifs is 2. The molecule has 1 fully saturated rings. The fourth-order valence-electron chi connectivity index (χ4n) is 3.43. The molecule has 2 aliphatic carbocycles. The summed E-state index contributed by atoms with van der Waals surface area (Å²) in [6.45, 7) is 0. The van der Waals surface area contributed by atoms with Crippen LogP contribution in [-0.4, -0.2) is 22.9 Å². The molecule has 120 valence electrons. The van der Waals surface area contributed by atoms with E-state index in [1.165, 1.54) is 18.2 Å². The largest absolute Gasteiger partial charge is 0.481 e. The van der Waals surface area contributed by atoms with Gasteiger partial charge in [-0.05, 0) is 30.4 Å². The fourth-order valence-corrected chi connectivity index (χ4v) is 3.43. The van der Waals surface area contributed by atoms with Crippen LogP contribution in [0.4, 0.5) is 4.39 Å². The number of hydrogen-bond acceptors (Lipinski definition) is 3. The number of benzene rings is 1. The lowest BCUT2D eigenvalue weighted by Gasteiger charge is -2.23. The summed E-state index contributed by atoms with van der Waals surface area (Å²) in [6.07, 6.45) is 4.29. The predicted molar refractivity (Wildman–Crippen MR) is 77.4 cm³/mol. The minimum Gasteiger partial charge on any atom is -0.481 e. The van der Waals surface area contributed by atoms with Gasteiger partial charge in [0.2, 0.25) is 5.91 Å². The van der Waals surface area contributed by atoms with Gasteiger partial charge >= 0.3 is 5.97 Å². The maximum atomic E-state index is 13.5. The van der Waals surface area contributed by atoms with Crippen molar-refractivity contribution >= 4 is 17.8 Å². The minimum atomic E-state index is -1.03. The molecule has 1 saturated carbocycles. The van der Waals surface area contributed by atoms with Crippen LogP contribution in [0, 0.1) is 29.5 Å². The molecule has 6 nitrogen and oxygen atoms in total. The van der Waals surface area contributed by atoms with E-state index in [1.807, 2.05) is 12.2 Å². The van der Waals surface area contributed by atoms with Crippen molar-refractivity contribution in [2.75, 3.05) is 0 Å². The molecule has 2 amide bonds. The zero-order valence-electron chi connectivity index (χ0n) is 12.0. The quantitative estimate of drug-likeness (QED) is 0.575. The van der Waals surface area contributed by atoms with E-state index in [4.69, 9.17) is 0 Å². The standard InChI is InChI=1S/C16H15FN2O4/c17-11-4-2-1-3-10(11)14(20)18-19-15(21)12-8-5-6-9(7-8)13(12)16(22)23/h1-6,8-9,12-13H,7H2,(H,18,20)(H,19,21)(H,22,23). The van der Waals surface area contributed by atoms with Crippen molar-refractivity contribution in [3.05, 3.63) is 47.8 Å². The zero-order valence-corrected chi connectivity index (χ0v) is 12.0. The first kappa shape index (κ1) is 15.2.